The zero-order valence-corrected chi connectivity index (χ0v) is 20.1. The molecule has 180 valence electrons. The predicted molar refractivity (Wildman–Crippen MR) is 136 cm³/mol. The van der Waals surface area contributed by atoms with Crippen molar-refractivity contribution in [1.29, 1.82) is 0 Å². The number of aromatic nitrogens is 2. The van der Waals surface area contributed by atoms with E-state index in [0.29, 0.717) is 11.3 Å². The molecular formula is C27H25ClFN3O3. The largest absolute Gasteiger partial charge is 0.508 e. The summed E-state index contributed by atoms with van der Waals surface area (Å²) < 4.78 is 17.1. The molecule has 0 spiro atoms. The first kappa shape index (κ1) is 24.4. The van der Waals surface area contributed by atoms with Crippen molar-refractivity contribution < 1.29 is 9.50 Å². The van der Waals surface area contributed by atoms with Crippen LogP contribution in [0.25, 0.3) is 11.1 Å². The molecule has 1 aromatic heterocycles. The van der Waals surface area contributed by atoms with E-state index in [2.05, 4.69) is 5.32 Å². The summed E-state index contributed by atoms with van der Waals surface area (Å²) in [5.41, 5.74) is 1.04. The van der Waals surface area contributed by atoms with Crippen molar-refractivity contribution in [2.24, 2.45) is 0 Å². The molecule has 0 bridgehead atoms. The van der Waals surface area contributed by atoms with Crippen LogP contribution in [0, 0.1) is 12.7 Å². The van der Waals surface area contributed by atoms with Crippen LogP contribution in [0.1, 0.15) is 22.9 Å². The average molecular weight is 494 g/mol. The number of hydrogen-bond donors (Lipinski definition) is 2. The molecule has 0 radical (unpaired) electrons. The van der Waals surface area contributed by atoms with Crippen LogP contribution < -0.4 is 16.6 Å². The Kier molecular flexibility index (Phi) is 7.19. The normalized spacial score (nSPS) is 12.0. The molecule has 35 heavy (non-hydrogen) atoms. The highest BCUT2D eigenvalue weighted by molar-refractivity contribution is 6.31. The molecule has 1 atom stereocenters. The molecule has 0 amide bonds. The lowest BCUT2D eigenvalue weighted by Crippen LogP contribution is -2.44. The van der Waals surface area contributed by atoms with Crippen LogP contribution in [0.15, 0.2) is 82.4 Å². The molecule has 0 aliphatic rings. The zero-order valence-electron chi connectivity index (χ0n) is 19.3. The van der Waals surface area contributed by atoms with E-state index in [0.717, 1.165) is 10.1 Å². The van der Waals surface area contributed by atoms with E-state index in [-0.39, 0.29) is 41.0 Å². The number of phenols is 1. The molecule has 0 saturated heterocycles. The van der Waals surface area contributed by atoms with Crippen molar-refractivity contribution in [2.45, 2.75) is 26.1 Å². The molecule has 2 N–H and O–H groups in total. The van der Waals surface area contributed by atoms with E-state index in [9.17, 15) is 19.1 Å². The molecule has 0 saturated carbocycles. The topological polar surface area (TPSA) is 76.3 Å². The first-order valence-corrected chi connectivity index (χ1v) is 11.5. The molecule has 1 heterocycles. The maximum absolute atomic E-state index is 14.6. The van der Waals surface area contributed by atoms with Gasteiger partial charge in [0, 0.05) is 16.3 Å². The summed E-state index contributed by atoms with van der Waals surface area (Å²) in [4.78, 5) is 27.3. The van der Waals surface area contributed by atoms with Gasteiger partial charge >= 0.3 is 5.69 Å². The van der Waals surface area contributed by atoms with E-state index >= 15 is 0 Å². The number of aromatic hydroxyl groups is 1. The fraction of sp³-hybridized carbons (Fsp3) is 0.185. The molecule has 3 aromatic carbocycles. The third-order valence-corrected chi connectivity index (χ3v) is 6.47. The number of hydrogen-bond acceptors (Lipinski definition) is 4. The van der Waals surface area contributed by atoms with Crippen molar-refractivity contribution in [3.63, 3.8) is 0 Å². The van der Waals surface area contributed by atoms with Gasteiger partial charge < -0.3 is 10.4 Å². The van der Waals surface area contributed by atoms with E-state index < -0.39 is 17.1 Å². The lowest BCUT2D eigenvalue weighted by atomic mass is 10.0. The van der Waals surface area contributed by atoms with Gasteiger partial charge in [-0.3, -0.25) is 13.9 Å². The molecule has 4 aromatic rings. The standard InChI is InChI=1S/C27H25ClFN3O3/c1-17-25(19-10-6-11-20(33)14-19)26(34)32(16-24(30-2)18-8-4-3-5-9-18)27(35)31(17)15-21-22(28)12-7-13-23(21)29/h3-14,24,30,33H,15-16H2,1-2H3. The second-order valence-electron chi connectivity index (χ2n) is 8.25. The van der Waals surface area contributed by atoms with Crippen molar-refractivity contribution in [1.82, 2.24) is 14.5 Å². The SMILES string of the molecule is CNC(Cn1c(=O)c(-c2cccc(O)c2)c(C)n(Cc2c(F)cccc2Cl)c1=O)c1ccccc1. The summed E-state index contributed by atoms with van der Waals surface area (Å²) in [6, 6.07) is 19.7. The Balaban J connectivity index is 1.95. The van der Waals surface area contributed by atoms with Crippen molar-refractivity contribution in [2.75, 3.05) is 7.05 Å². The van der Waals surface area contributed by atoms with Crippen LogP contribution in [-0.2, 0) is 13.1 Å². The average Bonchev–Trinajstić information content (AvgIpc) is 2.84. The second-order valence-corrected chi connectivity index (χ2v) is 8.65. The number of benzene rings is 3. The summed E-state index contributed by atoms with van der Waals surface area (Å²) in [6.45, 7) is 1.53. The molecule has 1 unspecified atom stereocenters. The maximum atomic E-state index is 14.6. The quantitative estimate of drug-likeness (QED) is 0.397. The molecule has 0 aliphatic carbocycles. The minimum absolute atomic E-state index is 0.0138. The number of likely N-dealkylation sites (N-methyl/N-ethyl adjacent to an activating group) is 1. The Hall–Kier alpha value is -3.68. The number of phenolic OH excluding ortho intramolecular Hbond substituents is 1. The minimum atomic E-state index is -0.577. The molecule has 4 rings (SSSR count). The smallest absolute Gasteiger partial charge is 0.331 e. The predicted octanol–water partition coefficient (Wildman–Crippen LogP) is 4.49. The highest BCUT2D eigenvalue weighted by atomic mass is 35.5. The fourth-order valence-corrected chi connectivity index (χ4v) is 4.44. The molecular weight excluding hydrogens is 469 g/mol. The number of halogens is 2. The van der Waals surface area contributed by atoms with Crippen LogP contribution in [0.3, 0.4) is 0 Å². The maximum Gasteiger partial charge on any atom is 0.331 e. The van der Waals surface area contributed by atoms with E-state index in [1.54, 1.807) is 32.2 Å². The van der Waals surface area contributed by atoms with Crippen LogP contribution in [0.5, 0.6) is 5.75 Å². The first-order valence-electron chi connectivity index (χ1n) is 11.1. The van der Waals surface area contributed by atoms with Gasteiger partial charge in [0.1, 0.15) is 11.6 Å². The van der Waals surface area contributed by atoms with E-state index in [4.69, 9.17) is 11.6 Å². The third-order valence-electron chi connectivity index (χ3n) is 6.12. The first-order chi connectivity index (χ1) is 16.8. The fourth-order valence-electron chi connectivity index (χ4n) is 4.21. The summed E-state index contributed by atoms with van der Waals surface area (Å²) in [6.07, 6.45) is 0. The highest BCUT2D eigenvalue weighted by Gasteiger charge is 2.22. The van der Waals surface area contributed by atoms with Crippen LogP contribution in [-0.4, -0.2) is 21.3 Å². The molecule has 6 nitrogen and oxygen atoms in total. The van der Waals surface area contributed by atoms with E-state index in [1.807, 2.05) is 30.3 Å². The number of nitrogens with zero attached hydrogens (tertiary/aromatic N) is 2. The Labute approximate surface area is 206 Å². The minimum Gasteiger partial charge on any atom is -0.508 e. The third kappa shape index (κ3) is 4.92. The van der Waals surface area contributed by atoms with Gasteiger partial charge in [-0.25, -0.2) is 9.18 Å². The lowest BCUT2D eigenvalue weighted by Gasteiger charge is -2.22. The van der Waals surface area contributed by atoms with Gasteiger partial charge in [-0.2, -0.15) is 0 Å². The molecule has 0 fully saturated rings. The zero-order chi connectivity index (χ0) is 25.1. The lowest BCUT2D eigenvalue weighted by molar-refractivity contribution is 0.459. The Morgan fingerprint density at radius 2 is 1.71 bits per heavy atom. The Bertz CT molecular complexity index is 1460. The van der Waals surface area contributed by atoms with Crippen LogP contribution in [0.4, 0.5) is 4.39 Å². The van der Waals surface area contributed by atoms with Crippen LogP contribution in [0.2, 0.25) is 5.02 Å². The second kappa shape index (κ2) is 10.3. The van der Waals surface area contributed by atoms with Gasteiger partial charge in [-0.05, 0) is 49.4 Å². The van der Waals surface area contributed by atoms with Gasteiger partial charge in [0.05, 0.1) is 24.7 Å². The number of rotatable bonds is 7. The van der Waals surface area contributed by atoms with Gasteiger partial charge in [-0.1, -0.05) is 60.1 Å². The Morgan fingerprint density at radius 1 is 1.00 bits per heavy atom. The van der Waals surface area contributed by atoms with Crippen molar-refractivity contribution >= 4 is 11.6 Å². The Morgan fingerprint density at radius 3 is 2.37 bits per heavy atom. The van der Waals surface area contributed by atoms with Gasteiger partial charge in [0.25, 0.3) is 5.56 Å². The van der Waals surface area contributed by atoms with Crippen molar-refractivity contribution in [3.05, 3.63) is 121 Å². The van der Waals surface area contributed by atoms with E-state index in [1.165, 1.54) is 28.8 Å². The van der Waals surface area contributed by atoms with Gasteiger partial charge in [0.2, 0.25) is 0 Å². The highest BCUT2D eigenvalue weighted by Crippen LogP contribution is 2.25. The monoisotopic (exact) mass is 493 g/mol. The van der Waals surface area contributed by atoms with Gasteiger partial charge in [-0.15, -0.1) is 0 Å². The van der Waals surface area contributed by atoms with Gasteiger partial charge in [0.15, 0.2) is 0 Å². The van der Waals surface area contributed by atoms with Crippen molar-refractivity contribution in [3.8, 4) is 16.9 Å². The molecule has 0 aliphatic heterocycles. The summed E-state index contributed by atoms with van der Waals surface area (Å²) >= 11 is 6.25. The van der Waals surface area contributed by atoms with Crippen LogP contribution >= 0.6 is 11.6 Å². The summed E-state index contributed by atoms with van der Waals surface area (Å²) in [7, 11) is 1.75. The molecule has 8 heteroatoms. The summed E-state index contributed by atoms with van der Waals surface area (Å²) in [5, 5.41) is 13.4. The summed E-state index contributed by atoms with van der Waals surface area (Å²) in [5.74, 6) is -0.557. The number of nitrogens with one attached hydrogen (secondary N) is 1.